The third kappa shape index (κ3) is 3.12. The Morgan fingerprint density at radius 1 is 1.30 bits per heavy atom. The van der Waals surface area contributed by atoms with Gasteiger partial charge in [0.1, 0.15) is 11.6 Å². The average Bonchev–Trinajstić information content (AvgIpc) is 2.81. The van der Waals surface area contributed by atoms with E-state index in [4.69, 9.17) is 10.5 Å². The van der Waals surface area contributed by atoms with E-state index in [-0.39, 0.29) is 5.69 Å². The molecule has 1 saturated heterocycles. The van der Waals surface area contributed by atoms with Crippen LogP contribution in [0, 0.1) is 0 Å². The largest absolute Gasteiger partial charge is 0.464 e. The van der Waals surface area contributed by atoms with Crippen molar-refractivity contribution >= 4 is 11.8 Å². The van der Waals surface area contributed by atoms with Crippen molar-refractivity contribution in [3.8, 4) is 0 Å². The summed E-state index contributed by atoms with van der Waals surface area (Å²) in [5, 5.41) is 0. The standard InChI is InChI=1S/C14H24N4O2/c1-3-11-16-12(14(19)20-2)13(15)18(11)10-9-17-7-5-4-6-8-17/h3-10,15H2,1-2H3. The van der Waals surface area contributed by atoms with Crippen LogP contribution in [0.25, 0.3) is 0 Å². The molecule has 2 rings (SSSR count). The van der Waals surface area contributed by atoms with E-state index in [2.05, 4.69) is 9.88 Å². The minimum atomic E-state index is -0.464. The summed E-state index contributed by atoms with van der Waals surface area (Å²) in [5.41, 5.74) is 6.29. The summed E-state index contributed by atoms with van der Waals surface area (Å²) >= 11 is 0. The number of likely N-dealkylation sites (tertiary alicyclic amines) is 1. The van der Waals surface area contributed by atoms with E-state index in [1.165, 1.54) is 26.4 Å². The van der Waals surface area contributed by atoms with E-state index < -0.39 is 5.97 Å². The van der Waals surface area contributed by atoms with Crippen LogP contribution in [0.3, 0.4) is 0 Å². The fraction of sp³-hybridized carbons (Fsp3) is 0.714. The van der Waals surface area contributed by atoms with Crippen LogP contribution in [0.1, 0.15) is 42.5 Å². The van der Waals surface area contributed by atoms with Gasteiger partial charge in [0, 0.05) is 19.5 Å². The van der Waals surface area contributed by atoms with Crippen molar-refractivity contribution in [3.05, 3.63) is 11.5 Å². The molecule has 6 heteroatoms. The highest BCUT2D eigenvalue weighted by atomic mass is 16.5. The molecule has 1 aromatic heterocycles. The molecule has 0 unspecified atom stereocenters. The quantitative estimate of drug-likeness (QED) is 0.823. The van der Waals surface area contributed by atoms with E-state index in [1.807, 2.05) is 11.5 Å². The highest BCUT2D eigenvalue weighted by Gasteiger charge is 2.20. The van der Waals surface area contributed by atoms with Gasteiger partial charge in [-0.1, -0.05) is 13.3 Å². The van der Waals surface area contributed by atoms with Gasteiger partial charge in [0.2, 0.25) is 0 Å². The van der Waals surface area contributed by atoms with Gasteiger partial charge in [-0.15, -0.1) is 0 Å². The SMILES string of the molecule is CCc1nc(C(=O)OC)c(N)n1CCN1CCCCC1. The Labute approximate surface area is 119 Å². The molecule has 0 spiro atoms. The van der Waals surface area contributed by atoms with Gasteiger partial charge in [0.05, 0.1) is 7.11 Å². The van der Waals surface area contributed by atoms with Crippen LogP contribution in [-0.4, -0.2) is 47.2 Å². The van der Waals surface area contributed by atoms with Gasteiger partial charge in [-0.3, -0.25) is 0 Å². The third-order valence-corrected chi connectivity index (χ3v) is 3.87. The van der Waals surface area contributed by atoms with Crippen molar-refractivity contribution in [2.75, 3.05) is 32.5 Å². The van der Waals surface area contributed by atoms with Gasteiger partial charge in [-0.25, -0.2) is 9.78 Å². The van der Waals surface area contributed by atoms with Crippen molar-refractivity contribution in [3.63, 3.8) is 0 Å². The molecule has 1 aliphatic heterocycles. The average molecular weight is 280 g/mol. The first-order valence-electron chi connectivity index (χ1n) is 7.33. The zero-order chi connectivity index (χ0) is 14.5. The number of anilines is 1. The maximum Gasteiger partial charge on any atom is 0.360 e. The molecule has 112 valence electrons. The predicted molar refractivity (Wildman–Crippen MR) is 77.6 cm³/mol. The number of piperidine rings is 1. The Morgan fingerprint density at radius 2 is 2.00 bits per heavy atom. The summed E-state index contributed by atoms with van der Waals surface area (Å²) in [7, 11) is 1.35. The van der Waals surface area contributed by atoms with E-state index in [9.17, 15) is 4.79 Å². The normalized spacial score (nSPS) is 16.3. The molecule has 20 heavy (non-hydrogen) atoms. The molecule has 0 aromatic carbocycles. The summed E-state index contributed by atoms with van der Waals surface area (Å²) in [5.74, 6) is 0.805. The number of carbonyl (C=O) groups excluding carboxylic acids is 1. The van der Waals surface area contributed by atoms with Crippen LogP contribution in [0.5, 0.6) is 0 Å². The molecule has 0 saturated carbocycles. The molecule has 0 amide bonds. The number of imidazole rings is 1. The molecule has 0 aliphatic carbocycles. The third-order valence-electron chi connectivity index (χ3n) is 3.87. The Morgan fingerprint density at radius 3 is 2.60 bits per heavy atom. The summed E-state index contributed by atoms with van der Waals surface area (Å²) in [6, 6.07) is 0. The van der Waals surface area contributed by atoms with Crippen molar-refractivity contribution in [1.82, 2.24) is 14.5 Å². The Bertz CT molecular complexity index is 464. The molecular formula is C14H24N4O2. The van der Waals surface area contributed by atoms with Gasteiger partial charge in [-0.2, -0.15) is 0 Å². The van der Waals surface area contributed by atoms with E-state index in [1.54, 1.807) is 0 Å². The number of nitrogens with zero attached hydrogens (tertiary/aromatic N) is 3. The van der Waals surface area contributed by atoms with Gasteiger partial charge in [-0.05, 0) is 25.9 Å². The topological polar surface area (TPSA) is 73.4 Å². The fourth-order valence-electron chi connectivity index (χ4n) is 2.70. The lowest BCUT2D eigenvalue weighted by Crippen LogP contribution is -2.33. The van der Waals surface area contributed by atoms with E-state index in [0.29, 0.717) is 5.82 Å². The second kappa shape index (κ2) is 6.74. The summed E-state index contributed by atoms with van der Waals surface area (Å²) < 4.78 is 6.66. The second-order valence-corrected chi connectivity index (χ2v) is 5.16. The maximum atomic E-state index is 11.6. The van der Waals surface area contributed by atoms with Gasteiger partial charge >= 0.3 is 5.97 Å². The lowest BCUT2D eigenvalue weighted by atomic mass is 10.1. The zero-order valence-corrected chi connectivity index (χ0v) is 12.4. The molecule has 1 fully saturated rings. The lowest BCUT2D eigenvalue weighted by Gasteiger charge is -2.26. The van der Waals surface area contributed by atoms with Crippen molar-refractivity contribution in [2.45, 2.75) is 39.2 Å². The smallest absolute Gasteiger partial charge is 0.360 e. The number of hydrogen-bond acceptors (Lipinski definition) is 5. The number of rotatable bonds is 5. The molecule has 2 heterocycles. The summed E-state index contributed by atoms with van der Waals surface area (Å²) in [6.07, 6.45) is 4.62. The number of hydrogen-bond donors (Lipinski definition) is 1. The molecule has 0 bridgehead atoms. The Kier molecular flexibility index (Phi) is 5.00. The first kappa shape index (κ1) is 14.8. The molecule has 6 nitrogen and oxygen atoms in total. The molecule has 0 radical (unpaired) electrons. The number of aromatic nitrogens is 2. The zero-order valence-electron chi connectivity index (χ0n) is 12.4. The number of aryl methyl sites for hydroxylation is 1. The molecular weight excluding hydrogens is 256 g/mol. The van der Waals surface area contributed by atoms with Crippen LogP contribution < -0.4 is 5.73 Å². The van der Waals surface area contributed by atoms with Crippen LogP contribution in [0.2, 0.25) is 0 Å². The first-order chi connectivity index (χ1) is 9.67. The van der Waals surface area contributed by atoms with E-state index in [0.717, 1.165) is 38.4 Å². The Balaban J connectivity index is 2.09. The van der Waals surface area contributed by atoms with Gasteiger partial charge in [0.25, 0.3) is 0 Å². The number of carbonyl (C=O) groups is 1. The first-order valence-corrected chi connectivity index (χ1v) is 7.33. The number of nitrogen functional groups attached to an aromatic ring is 1. The maximum absolute atomic E-state index is 11.6. The van der Waals surface area contributed by atoms with Crippen LogP contribution in [-0.2, 0) is 17.7 Å². The highest BCUT2D eigenvalue weighted by Crippen LogP contribution is 2.17. The molecule has 1 aromatic rings. The van der Waals surface area contributed by atoms with Crippen molar-refractivity contribution in [1.29, 1.82) is 0 Å². The number of esters is 1. The second-order valence-electron chi connectivity index (χ2n) is 5.16. The molecule has 1 aliphatic rings. The predicted octanol–water partition coefficient (Wildman–Crippen LogP) is 1.30. The molecule has 2 N–H and O–H groups in total. The fourth-order valence-corrected chi connectivity index (χ4v) is 2.70. The number of nitrogens with two attached hydrogens (primary N) is 1. The van der Waals surface area contributed by atoms with Gasteiger partial charge in [0.15, 0.2) is 5.69 Å². The molecule has 0 atom stereocenters. The van der Waals surface area contributed by atoms with Gasteiger partial charge < -0.3 is 19.9 Å². The van der Waals surface area contributed by atoms with Crippen LogP contribution in [0.4, 0.5) is 5.82 Å². The van der Waals surface area contributed by atoms with Crippen LogP contribution >= 0.6 is 0 Å². The number of ether oxygens (including phenoxy) is 1. The van der Waals surface area contributed by atoms with Crippen molar-refractivity contribution in [2.24, 2.45) is 0 Å². The summed E-state index contributed by atoms with van der Waals surface area (Å²) in [6.45, 7) is 6.05. The van der Waals surface area contributed by atoms with E-state index >= 15 is 0 Å². The Hall–Kier alpha value is -1.56. The van der Waals surface area contributed by atoms with Crippen molar-refractivity contribution < 1.29 is 9.53 Å². The summed E-state index contributed by atoms with van der Waals surface area (Å²) in [4.78, 5) is 18.4. The van der Waals surface area contributed by atoms with Crippen LogP contribution in [0.15, 0.2) is 0 Å². The highest BCUT2D eigenvalue weighted by molar-refractivity contribution is 5.92. The minimum absolute atomic E-state index is 0.239. The number of methoxy groups -OCH3 is 1. The monoisotopic (exact) mass is 280 g/mol. The lowest BCUT2D eigenvalue weighted by molar-refractivity contribution is 0.0595. The minimum Gasteiger partial charge on any atom is -0.464 e.